The quantitative estimate of drug-likeness (QED) is 0.229. The number of aliphatic hydroxyl groups is 1. The molecule has 0 aromatic carbocycles. The third-order valence-corrected chi connectivity index (χ3v) is 3.60. The molecule has 0 aromatic rings. The van der Waals surface area contributed by atoms with Crippen molar-refractivity contribution in [2.75, 3.05) is 25.2 Å². The minimum Gasteiger partial charge on any atom is -0.480 e. The summed E-state index contributed by atoms with van der Waals surface area (Å²) in [5, 5.41) is 24.6. The van der Waals surface area contributed by atoms with Crippen molar-refractivity contribution in [3.63, 3.8) is 0 Å². The fourth-order valence-electron chi connectivity index (χ4n) is 1.53. The standard InChI is InChI=1S/C13H24N4O6S/c1-7(16-12(21)8(14)6-18)11(20)15-5-10(19)17-9(13(22)23)3-4-24-2/h7-9,18H,3-6,14H2,1-2H3,(H,15,20)(H,16,21)(H,17,19)(H,22,23). The number of thioether (sulfide) groups is 1. The lowest BCUT2D eigenvalue weighted by Crippen LogP contribution is -2.53. The zero-order valence-corrected chi connectivity index (χ0v) is 14.4. The molecule has 24 heavy (non-hydrogen) atoms. The summed E-state index contributed by atoms with van der Waals surface area (Å²) in [6.45, 7) is 0.400. The van der Waals surface area contributed by atoms with Gasteiger partial charge in [0.1, 0.15) is 18.1 Å². The van der Waals surface area contributed by atoms with E-state index in [-0.39, 0.29) is 6.42 Å². The summed E-state index contributed by atoms with van der Waals surface area (Å²) >= 11 is 1.45. The lowest BCUT2D eigenvalue weighted by atomic mass is 10.2. The van der Waals surface area contributed by atoms with Crippen molar-refractivity contribution in [1.29, 1.82) is 0 Å². The van der Waals surface area contributed by atoms with Crippen LogP contribution in [0, 0.1) is 0 Å². The average molecular weight is 364 g/mol. The second-order valence-electron chi connectivity index (χ2n) is 4.98. The van der Waals surface area contributed by atoms with E-state index in [1.165, 1.54) is 18.7 Å². The van der Waals surface area contributed by atoms with Gasteiger partial charge in [0.05, 0.1) is 13.2 Å². The van der Waals surface area contributed by atoms with Crippen molar-refractivity contribution >= 4 is 35.5 Å². The highest BCUT2D eigenvalue weighted by Crippen LogP contribution is 2.00. The Hall–Kier alpha value is -1.85. The fourth-order valence-corrected chi connectivity index (χ4v) is 2.00. The molecule has 0 fully saturated rings. The van der Waals surface area contributed by atoms with Gasteiger partial charge in [-0.05, 0) is 25.4 Å². The number of aliphatic carboxylic acids is 1. The smallest absolute Gasteiger partial charge is 0.326 e. The van der Waals surface area contributed by atoms with E-state index in [1.54, 1.807) is 0 Å². The van der Waals surface area contributed by atoms with Crippen LogP contribution < -0.4 is 21.7 Å². The molecular formula is C13H24N4O6S. The van der Waals surface area contributed by atoms with Gasteiger partial charge in [0.25, 0.3) is 0 Å². The van der Waals surface area contributed by atoms with Crippen LogP contribution >= 0.6 is 11.8 Å². The maximum Gasteiger partial charge on any atom is 0.326 e. The van der Waals surface area contributed by atoms with Crippen LogP contribution in [0.2, 0.25) is 0 Å². The molecule has 10 nitrogen and oxygen atoms in total. The predicted molar refractivity (Wildman–Crippen MR) is 88.2 cm³/mol. The monoisotopic (exact) mass is 364 g/mol. The Balaban J connectivity index is 4.30. The van der Waals surface area contributed by atoms with Gasteiger partial charge in [-0.3, -0.25) is 14.4 Å². The summed E-state index contributed by atoms with van der Waals surface area (Å²) < 4.78 is 0. The summed E-state index contributed by atoms with van der Waals surface area (Å²) in [6.07, 6.45) is 2.08. The van der Waals surface area contributed by atoms with E-state index in [0.29, 0.717) is 5.75 Å². The van der Waals surface area contributed by atoms with Gasteiger partial charge in [-0.2, -0.15) is 11.8 Å². The zero-order chi connectivity index (χ0) is 18.7. The van der Waals surface area contributed by atoms with Crippen molar-refractivity contribution in [2.45, 2.75) is 31.5 Å². The number of carbonyl (C=O) groups is 4. The molecule has 0 aromatic heterocycles. The number of nitrogens with two attached hydrogens (primary N) is 1. The van der Waals surface area contributed by atoms with E-state index in [2.05, 4.69) is 16.0 Å². The first-order valence-electron chi connectivity index (χ1n) is 7.18. The fraction of sp³-hybridized carbons (Fsp3) is 0.692. The lowest BCUT2D eigenvalue weighted by molar-refractivity contribution is -0.141. The van der Waals surface area contributed by atoms with Crippen LogP contribution in [-0.2, 0) is 19.2 Å². The Labute approximate surface area is 143 Å². The summed E-state index contributed by atoms with van der Waals surface area (Å²) in [5.41, 5.74) is 5.30. The molecule has 0 rings (SSSR count). The van der Waals surface area contributed by atoms with Crippen LogP contribution in [0.5, 0.6) is 0 Å². The third-order valence-electron chi connectivity index (χ3n) is 2.95. The van der Waals surface area contributed by atoms with Gasteiger partial charge in [-0.1, -0.05) is 0 Å². The van der Waals surface area contributed by atoms with E-state index < -0.39 is 55.0 Å². The normalized spacial score (nSPS) is 14.2. The molecule has 0 spiro atoms. The highest BCUT2D eigenvalue weighted by Gasteiger charge is 2.22. The molecule has 7 N–H and O–H groups in total. The van der Waals surface area contributed by atoms with Gasteiger partial charge >= 0.3 is 5.97 Å². The van der Waals surface area contributed by atoms with Crippen LogP contribution in [0.3, 0.4) is 0 Å². The topological polar surface area (TPSA) is 171 Å². The van der Waals surface area contributed by atoms with Crippen molar-refractivity contribution in [3.05, 3.63) is 0 Å². The van der Waals surface area contributed by atoms with Gasteiger partial charge in [0, 0.05) is 0 Å². The first-order chi connectivity index (χ1) is 11.2. The van der Waals surface area contributed by atoms with E-state index >= 15 is 0 Å². The van der Waals surface area contributed by atoms with Crippen molar-refractivity contribution in [1.82, 2.24) is 16.0 Å². The summed E-state index contributed by atoms with van der Waals surface area (Å²) in [4.78, 5) is 45.9. The molecule has 138 valence electrons. The van der Waals surface area contributed by atoms with Gasteiger partial charge in [0.2, 0.25) is 17.7 Å². The van der Waals surface area contributed by atoms with Crippen molar-refractivity contribution in [3.8, 4) is 0 Å². The van der Waals surface area contributed by atoms with Crippen molar-refractivity contribution in [2.24, 2.45) is 5.73 Å². The Bertz CT molecular complexity index is 462. The molecule has 3 atom stereocenters. The van der Waals surface area contributed by atoms with Crippen LogP contribution in [0.25, 0.3) is 0 Å². The number of hydrogen-bond acceptors (Lipinski definition) is 7. The van der Waals surface area contributed by atoms with E-state index in [4.69, 9.17) is 15.9 Å². The number of rotatable bonds is 11. The van der Waals surface area contributed by atoms with Gasteiger partial charge in [0.15, 0.2) is 0 Å². The maximum atomic E-state index is 11.8. The number of carboxylic acid groups (broad SMARTS) is 1. The largest absolute Gasteiger partial charge is 0.480 e. The SMILES string of the molecule is CSCCC(NC(=O)CNC(=O)C(C)NC(=O)C(N)CO)C(=O)O. The van der Waals surface area contributed by atoms with E-state index in [0.717, 1.165) is 0 Å². The molecule has 0 radical (unpaired) electrons. The first-order valence-corrected chi connectivity index (χ1v) is 8.57. The number of aliphatic hydroxyl groups excluding tert-OH is 1. The van der Waals surface area contributed by atoms with Crippen LogP contribution in [0.4, 0.5) is 0 Å². The molecule has 3 unspecified atom stereocenters. The molecule has 0 bridgehead atoms. The molecular weight excluding hydrogens is 340 g/mol. The average Bonchev–Trinajstić information content (AvgIpc) is 2.54. The lowest BCUT2D eigenvalue weighted by Gasteiger charge is -2.17. The molecule has 0 aliphatic rings. The maximum absolute atomic E-state index is 11.8. The predicted octanol–water partition coefficient (Wildman–Crippen LogP) is -2.75. The highest BCUT2D eigenvalue weighted by molar-refractivity contribution is 7.98. The second kappa shape index (κ2) is 11.6. The number of hydrogen-bond donors (Lipinski definition) is 6. The number of carboxylic acids is 1. The second-order valence-corrected chi connectivity index (χ2v) is 5.96. The van der Waals surface area contributed by atoms with Crippen LogP contribution in [-0.4, -0.2) is 77.2 Å². The summed E-state index contributed by atoms with van der Waals surface area (Å²) in [6, 6.07) is -3.13. The first kappa shape index (κ1) is 22.1. The van der Waals surface area contributed by atoms with Gasteiger partial charge in [-0.15, -0.1) is 0 Å². The molecule has 0 aliphatic carbocycles. The van der Waals surface area contributed by atoms with E-state index in [9.17, 15) is 19.2 Å². The summed E-state index contributed by atoms with van der Waals surface area (Å²) in [7, 11) is 0. The van der Waals surface area contributed by atoms with Crippen molar-refractivity contribution < 1.29 is 29.4 Å². The minimum atomic E-state index is -1.15. The molecule has 0 heterocycles. The zero-order valence-electron chi connectivity index (χ0n) is 13.6. The Morgan fingerprint density at radius 1 is 1.17 bits per heavy atom. The molecule has 0 aliphatic heterocycles. The van der Waals surface area contributed by atoms with Crippen LogP contribution in [0.1, 0.15) is 13.3 Å². The highest BCUT2D eigenvalue weighted by atomic mass is 32.2. The molecule has 0 saturated heterocycles. The molecule has 3 amide bonds. The molecule has 0 saturated carbocycles. The molecule has 11 heteroatoms. The Morgan fingerprint density at radius 2 is 1.79 bits per heavy atom. The van der Waals surface area contributed by atoms with Crippen LogP contribution in [0.15, 0.2) is 0 Å². The number of amides is 3. The van der Waals surface area contributed by atoms with Gasteiger partial charge in [-0.25, -0.2) is 4.79 Å². The minimum absolute atomic E-state index is 0.266. The number of carbonyl (C=O) groups excluding carboxylic acids is 3. The Morgan fingerprint density at radius 3 is 2.29 bits per heavy atom. The number of nitrogens with one attached hydrogen (secondary N) is 3. The Kier molecular flexibility index (Phi) is 10.8. The van der Waals surface area contributed by atoms with E-state index in [1.807, 2.05) is 6.26 Å². The van der Waals surface area contributed by atoms with Gasteiger partial charge < -0.3 is 31.9 Å². The summed E-state index contributed by atoms with van der Waals surface area (Å²) in [5.74, 6) is -2.57. The third kappa shape index (κ3) is 8.70.